The molecule has 0 heterocycles. The van der Waals surface area contributed by atoms with Crippen molar-refractivity contribution in [2.24, 2.45) is 5.73 Å². The number of halogens is 2. The van der Waals surface area contributed by atoms with E-state index in [-0.39, 0.29) is 5.56 Å². The van der Waals surface area contributed by atoms with Gasteiger partial charge >= 0.3 is 5.92 Å². The molecule has 0 atom stereocenters. The molecule has 19 heavy (non-hydrogen) atoms. The maximum absolute atomic E-state index is 13.8. The monoisotopic (exact) mass is 263 g/mol. The molecule has 0 unspecified atom stereocenters. The van der Waals surface area contributed by atoms with E-state index in [1.807, 2.05) is 0 Å². The Hall–Kier alpha value is -1.94. The molecule has 0 saturated heterocycles. The van der Waals surface area contributed by atoms with Crippen LogP contribution >= 0.6 is 0 Å². The first-order valence-corrected chi connectivity index (χ1v) is 5.97. The Morgan fingerprint density at radius 1 is 0.947 bits per heavy atom. The lowest BCUT2D eigenvalue weighted by molar-refractivity contribution is -0.0467. The van der Waals surface area contributed by atoms with Gasteiger partial charge in [-0.15, -0.1) is 0 Å². The van der Waals surface area contributed by atoms with Crippen LogP contribution in [0.3, 0.4) is 0 Å². The lowest BCUT2D eigenvalue weighted by Gasteiger charge is -2.17. The zero-order valence-electron chi connectivity index (χ0n) is 10.4. The van der Waals surface area contributed by atoms with Gasteiger partial charge in [-0.1, -0.05) is 42.5 Å². The summed E-state index contributed by atoms with van der Waals surface area (Å²) in [7, 11) is 0. The molecule has 2 rings (SSSR count). The SMILES string of the molecule is NCc1ccc(OCC(F)(F)c2ccccc2)cc1. The highest BCUT2D eigenvalue weighted by Gasteiger charge is 2.32. The molecule has 0 aliphatic heterocycles. The first-order chi connectivity index (χ1) is 9.12. The molecule has 0 aliphatic carbocycles. The second kappa shape index (κ2) is 5.80. The highest BCUT2D eigenvalue weighted by Crippen LogP contribution is 2.28. The van der Waals surface area contributed by atoms with E-state index in [2.05, 4.69) is 0 Å². The molecule has 2 N–H and O–H groups in total. The molecular weight excluding hydrogens is 248 g/mol. The second-order valence-corrected chi connectivity index (χ2v) is 4.21. The topological polar surface area (TPSA) is 35.2 Å². The van der Waals surface area contributed by atoms with Crippen LogP contribution in [0.15, 0.2) is 54.6 Å². The molecule has 2 aromatic carbocycles. The minimum Gasteiger partial charge on any atom is -0.487 e. The molecule has 0 saturated carbocycles. The van der Waals surface area contributed by atoms with E-state index >= 15 is 0 Å². The third-order valence-electron chi connectivity index (χ3n) is 2.78. The predicted octanol–water partition coefficient (Wildman–Crippen LogP) is 3.32. The molecule has 0 bridgehead atoms. The summed E-state index contributed by atoms with van der Waals surface area (Å²) < 4.78 is 32.8. The van der Waals surface area contributed by atoms with Crippen molar-refractivity contribution in [1.29, 1.82) is 0 Å². The van der Waals surface area contributed by atoms with Gasteiger partial charge in [-0.3, -0.25) is 0 Å². The van der Waals surface area contributed by atoms with Crippen LogP contribution in [0.25, 0.3) is 0 Å². The molecule has 0 spiro atoms. The van der Waals surface area contributed by atoms with E-state index in [1.54, 1.807) is 42.5 Å². The Bertz CT molecular complexity index is 511. The van der Waals surface area contributed by atoms with E-state index in [9.17, 15) is 8.78 Å². The number of ether oxygens (including phenoxy) is 1. The molecule has 2 aromatic rings. The summed E-state index contributed by atoms with van der Waals surface area (Å²) in [6.07, 6.45) is 0. The molecule has 0 aliphatic rings. The molecule has 2 nitrogen and oxygen atoms in total. The van der Waals surface area contributed by atoms with Gasteiger partial charge in [-0.2, -0.15) is 8.78 Å². The molecule has 0 radical (unpaired) electrons. The maximum atomic E-state index is 13.8. The van der Waals surface area contributed by atoms with Crippen LogP contribution in [-0.4, -0.2) is 6.61 Å². The van der Waals surface area contributed by atoms with Crippen LogP contribution in [0, 0.1) is 0 Å². The number of nitrogens with two attached hydrogens (primary N) is 1. The van der Waals surface area contributed by atoms with Crippen molar-refractivity contribution < 1.29 is 13.5 Å². The quantitative estimate of drug-likeness (QED) is 0.898. The van der Waals surface area contributed by atoms with Gasteiger partial charge < -0.3 is 10.5 Å². The van der Waals surface area contributed by atoms with Crippen LogP contribution in [0.4, 0.5) is 8.78 Å². The van der Waals surface area contributed by atoms with Crippen LogP contribution in [0.1, 0.15) is 11.1 Å². The van der Waals surface area contributed by atoms with Crippen LogP contribution in [0.5, 0.6) is 5.75 Å². The van der Waals surface area contributed by atoms with Crippen molar-refractivity contribution in [3.8, 4) is 5.75 Å². The minimum absolute atomic E-state index is 0.0476. The Kier molecular flexibility index (Phi) is 4.12. The fourth-order valence-electron chi connectivity index (χ4n) is 1.66. The van der Waals surface area contributed by atoms with Crippen molar-refractivity contribution in [1.82, 2.24) is 0 Å². The number of benzene rings is 2. The van der Waals surface area contributed by atoms with E-state index in [0.29, 0.717) is 12.3 Å². The largest absolute Gasteiger partial charge is 0.487 e. The predicted molar refractivity (Wildman–Crippen MR) is 70.2 cm³/mol. The van der Waals surface area contributed by atoms with E-state index in [1.165, 1.54) is 12.1 Å². The van der Waals surface area contributed by atoms with Gasteiger partial charge in [0.15, 0.2) is 6.61 Å². The lowest BCUT2D eigenvalue weighted by atomic mass is 10.1. The molecule has 0 aromatic heterocycles. The summed E-state index contributed by atoms with van der Waals surface area (Å²) >= 11 is 0. The molecule has 0 fully saturated rings. The Morgan fingerprint density at radius 3 is 2.16 bits per heavy atom. The smallest absolute Gasteiger partial charge is 0.306 e. The summed E-state index contributed by atoms with van der Waals surface area (Å²) in [6, 6.07) is 14.4. The zero-order valence-corrected chi connectivity index (χ0v) is 10.4. The van der Waals surface area contributed by atoms with Gasteiger partial charge in [0, 0.05) is 12.1 Å². The third-order valence-corrected chi connectivity index (χ3v) is 2.78. The first kappa shape index (κ1) is 13.5. The Morgan fingerprint density at radius 2 is 1.58 bits per heavy atom. The summed E-state index contributed by atoms with van der Waals surface area (Å²) in [5.74, 6) is -2.60. The summed E-state index contributed by atoms with van der Waals surface area (Å²) in [6.45, 7) is -0.264. The molecule has 0 amide bonds. The van der Waals surface area contributed by atoms with Crippen molar-refractivity contribution in [2.45, 2.75) is 12.5 Å². The summed E-state index contributed by atoms with van der Waals surface area (Å²) in [5.41, 5.74) is 6.34. The van der Waals surface area contributed by atoms with Gasteiger partial charge in [0.05, 0.1) is 0 Å². The van der Waals surface area contributed by atoms with Crippen LogP contribution in [0.2, 0.25) is 0 Å². The van der Waals surface area contributed by atoms with Crippen molar-refractivity contribution >= 4 is 0 Å². The molecule has 100 valence electrons. The fraction of sp³-hybridized carbons (Fsp3) is 0.200. The lowest BCUT2D eigenvalue weighted by Crippen LogP contribution is -2.23. The van der Waals surface area contributed by atoms with Crippen molar-refractivity contribution in [3.63, 3.8) is 0 Å². The number of alkyl halides is 2. The average Bonchev–Trinajstić information content (AvgIpc) is 2.47. The van der Waals surface area contributed by atoms with Gasteiger partial charge in [0.25, 0.3) is 0 Å². The highest BCUT2D eigenvalue weighted by molar-refractivity contribution is 5.27. The highest BCUT2D eigenvalue weighted by atomic mass is 19.3. The number of hydrogen-bond acceptors (Lipinski definition) is 2. The van der Waals surface area contributed by atoms with Gasteiger partial charge in [0.2, 0.25) is 0 Å². The Balaban J connectivity index is 2.01. The van der Waals surface area contributed by atoms with Crippen LogP contribution in [-0.2, 0) is 12.5 Å². The van der Waals surface area contributed by atoms with Crippen molar-refractivity contribution in [2.75, 3.05) is 6.61 Å². The second-order valence-electron chi connectivity index (χ2n) is 4.21. The average molecular weight is 263 g/mol. The number of rotatable bonds is 5. The minimum atomic E-state index is -3.01. The van der Waals surface area contributed by atoms with Gasteiger partial charge in [0.1, 0.15) is 5.75 Å². The van der Waals surface area contributed by atoms with Gasteiger partial charge in [-0.05, 0) is 17.7 Å². The standard InChI is InChI=1S/C15H15F2NO/c16-15(17,13-4-2-1-3-5-13)11-19-14-8-6-12(10-18)7-9-14/h1-9H,10-11,18H2. The van der Waals surface area contributed by atoms with Crippen molar-refractivity contribution in [3.05, 3.63) is 65.7 Å². The zero-order chi connectivity index (χ0) is 13.7. The normalized spacial score (nSPS) is 11.3. The van der Waals surface area contributed by atoms with E-state index in [0.717, 1.165) is 5.56 Å². The maximum Gasteiger partial charge on any atom is 0.306 e. The summed E-state index contributed by atoms with van der Waals surface area (Å²) in [5, 5.41) is 0. The van der Waals surface area contributed by atoms with E-state index in [4.69, 9.17) is 10.5 Å². The van der Waals surface area contributed by atoms with E-state index < -0.39 is 12.5 Å². The molecular formula is C15H15F2NO. The third kappa shape index (κ3) is 3.51. The fourth-order valence-corrected chi connectivity index (χ4v) is 1.66. The van der Waals surface area contributed by atoms with Gasteiger partial charge in [-0.25, -0.2) is 0 Å². The first-order valence-electron chi connectivity index (χ1n) is 5.97. The number of hydrogen-bond donors (Lipinski definition) is 1. The summed E-state index contributed by atoms with van der Waals surface area (Å²) in [4.78, 5) is 0. The van der Waals surface area contributed by atoms with Crippen LogP contribution < -0.4 is 10.5 Å². The Labute approximate surface area is 110 Å². The molecule has 4 heteroatoms.